The van der Waals surface area contributed by atoms with Crippen LogP contribution in [-0.2, 0) is 9.59 Å². The molecule has 3 saturated heterocycles. The van der Waals surface area contributed by atoms with Gasteiger partial charge in [0, 0.05) is 74.7 Å². The first-order valence-corrected chi connectivity index (χ1v) is 20.5. The average Bonchev–Trinajstić information content (AvgIpc) is 3.98. The van der Waals surface area contributed by atoms with Gasteiger partial charge in [-0.15, -0.1) is 0 Å². The van der Waals surface area contributed by atoms with E-state index in [1.807, 2.05) is 26.0 Å². The zero-order valence-corrected chi connectivity index (χ0v) is 33.3. The minimum absolute atomic E-state index is 0.0838. The van der Waals surface area contributed by atoms with Crippen molar-refractivity contribution in [2.24, 2.45) is 0 Å². The third-order valence-electron chi connectivity index (χ3n) is 11.6. The van der Waals surface area contributed by atoms with E-state index in [2.05, 4.69) is 35.2 Å². The van der Waals surface area contributed by atoms with Crippen LogP contribution in [0.2, 0.25) is 0 Å². The van der Waals surface area contributed by atoms with E-state index >= 15 is 0 Å². The highest BCUT2D eigenvalue weighted by atomic mass is 32.1. The Bertz CT molecular complexity index is 2460. The maximum absolute atomic E-state index is 14.4. The van der Waals surface area contributed by atoms with Crippen LogP contribution in [0, 0.1) is 12.7 Å². The number of imide groups is 2. The molecular weight excluding hydrogens is 778 g/mol. The first-order valence-electron chi connectivity index (χ1n) is 19.7. The van der Waals surface area contributed by atoms with Crippen LogP contribution in [0.3, 0.4) is 0 Å². The van der Waals surface area contributed by atoms with Gasteiger partial charge in [0.1, 0.15) is 18.0 Å². The van der Waals surface area contributed by atoms with Crippen LogP contribution in [0.4, 0.5) is 21.0 Å². The van der Waals surface area contributed by atoms with Gasteiger partial charge in [-0.1, -0.05) is 11.3 Å². The molecular formula is C41H42FN11O5S. The lowest BCUT2D eigenvalue weighted by Crippen LogP contribution is -2.54. The van der Waals surface area contributed by atoms with E-state index in [4.69, 9.17) is 15.5 Å². The summed E-state index contributed by atoms with van der Waals surface area (Å²) in [7, 11) is 0. The van der Waals surface area contributed by atoms with Gasteiger partial charge in [0.25, 0.3) is 11.8 Å². The summed E-state index contributed by atoms with van der Waals surface area (Å²) in [6.45, 7) is 8.90. The lowest BCUT2D eigenvalue weighted by Gasteiger charge is -2.43. The molecule has 7 heterocycles. The highest BCUT2D eigenvalue weighted by Gasteiger charge is 2.45. The fourth-order valence-electron chi connectivity index (χ4n) is 8.51. The van der Waals surface area contributed by atoms with Gasteiger partial charge in [-0.05, 0) is 75.6 Å². The Morgan fingerprint density at radius 1 is 0.898 bits per heavy atom. The SMILES string of the molecule is Cc1nc(N2CCN(C3CCN(c4ccc5c(c4)C(=O)N(C4CCC(=O)NC4=O)C5=O)CC3)CC2)sc1-c1cnc(N)c(O[C@@H](C)c2cc(F)ccc2-n2nccn2)c1. The van der Waals surface area contributed by atoms with Crippen LogP contribution in [0.15, 0.2) is 61.1 Å². The van der Waals surface area contributed by atoms with Crippen LogP contribution in [-0.4, -0.2) is 110 Å². The maximum Gasteiger partial charge on any atom is 0.262 e. The Labute approximate surface area is 342 Å². The Morgan fingerprint density at radius 3 is 2.39 bits per heavy atom. The Kier molecular flexibility index (Phi) is 10.0. The lowest BCUT2D eigenvalue weighted by atomic mass is 10.0. The number of hydrogen-bond donors (Lipinski definition) is 2. The number of thiazole rings is 1. The monoisotopic (exact) mass is 819 g/mol. The van der Waals surface area contributed by atoms with E-state index in [0.717, 1.165) is 84.0 Å². The Morgan fingerprint density at radius 2 is 1.64 bits per heavy atom. The molecule has 0 saturated carbocycles. The number of carbonyl (C=O) groups is 4. The summed E-state index contributed by atoms with van der Waals surface area (Å²) >= 11 is 1.61. The van der Waals surface area contributed by atoms with Crippen molar-refractivity contribution in [2.75, 3.05) is 54.8 Å². The predicted octanol–water partition coefficient (Wildman–Crippen LogP) is 4.15. The number of piperazine rings is 1. The van der Waals surface area contributed by atoms with Crippen LogP contribution in [0.1, 0.15) is 70.7 Å². The Balaban J connectivity index is 0.808. The number of piperidine rings is 2. The number of rotatable bonds is 9. The standard InChI is InChI=1S/C41H42FN11O5S/c1-23-36(25-19-34(37(43)44-22-25)58-24(2)30-20-26(42)3-6-32(30)53-45-11-12-46-53)59-41(47-23)51-17-15-50(16-18-51)27-9-13-49(14-10-27)28-4-5-29-31(21-28)40(57)52(39(29)56)33-7-8-35(54)48-38(33)55/h3-6,11-12,19-22,24,27,33H,7-10,13-18H2,1-2H3,(H2,43,44)(H,48,54,55)/t24-,33?/m0/s1. The Hall–Kier alpha value is -6.27. The summed E-state index contributed by atoms with van der Waals surface area (Å²) in [6, 6.07) is 11.0. The summed E-state index contributed by atoms with van der Waals surface area (Å²) < 4.78 is 20.7. The minimum Gasteiger partial charge on any atom is -0.482 e. The molecule has 4 aliphatic heterocycles. The van der Waals surface area contributed by atoms with E-state index in [0.29, 0.717) is 28.6 Å². The molecule has 4 amide bonds. The number of aryl methyl sites for hydroxylation is 1. The molecule has 0 aliphatic carbocycles. The minimum atomic E-state index is -0.984. The number of halogens is 1. The second kappa shape index (κ2) is 15.5. The first-order chi connectivity index (χ1) is 28.5. The van der Waals surface area contributed by atoms with E-state index in [-0.39, 0.29) is 24.2 Å². The maximum atomic E-state index is 14.4. The molecule has 4 aliphatic rings. The molecule has 0 bridgehead atoms. The number of aromatic nitrogens is 5. The van der Waals surface area contributed by atoms with Crippen molar-refractivity contribution >= 4 is 51.6 Å². The number of nitrogen functional groups attached to an aromatic ring is 1. The average molecular weight is 820 g/mol. The highest BCUT2D eigenvalue weighted by molar-refractivity contribution is 7.19. The number of fused-ring (bicyclic) bond motifs is 1. The van der Waals surface area contributed by atoms with Crippen LogP contribution >= 0.6 is 11.3 Å². The van der Waals surface area contributed by atoms with Crippen LogP contribution in [0.5, 0.6) is 5.75 Å². The van der Waals surface area contributed by atoms with Crippen molar-refractivity contribution < 1.29 is 28.3 Å². The van der Waals surface area contributed by atoms with Gasteiger partial charge in [-0.25, -0.2) is 14.4 Å². The number of nitrogens with two attached hydrogens (primary N) is 1. The summed E-state index contributed by atoms with van der Waals surface area (Å²) in [5.41, 5.74) is 10.6. The predicted molar refractivity (Wildman–Crippen MR) is 217 cm³/mol. The second-order valence-electron chi connectivity index (χ2n) is 15.2. The molecule has 9 rings (SSSR count). The molecule has 0 radical (unpaired) electrons. The van der Waals surface area contributed by atoms with Crippen molar-refractivity contribution in [3.63, 3.8) is 0 Å². The van der Waals surface area contributed by atoms with Crippen molar-refractivity contribution in [2.45, 2.75) is 57.7 Å². The van der Waals surface area contributed by atoms with E-state index in [1.54, 1.807) is 48.1 Å². The van der Waals surface area contributed by atoms with Gasteiger partial charge in [0.05, 0.1) is 39.8 Å². The zero-order chi connectivity index (χ0) is 40.9. The number of carbonyl (C=O) groups excluding carboxylic acids is 4. The number of nitrogens with one attached hydrogen (secondary N) is 1. The van der Waals surface area contributed by atoms with Crippen molar-refractivity contribution in [1.29, 1.82) is 0 Å². The number of ether oxygens (including phenoxy) is 1. The number of hydrogen-bond acceptors (Lipinski definition) is 14. The van der Waals surface area contributed by atoms with Crippen molar-refractivity contribution in [3.8, 4) is 21.9 Å². The molecule has 1 unspecified atom stereocenters. The number of anilines is 3. The zero-order valence-electron chi connectivity index (χ0n) is 32.5. The van der Waals surface area contributed by atoms with Gasteiger partial charge < -0.3 is 20.3 Å². The molecule has 3 N–H and O–H groups in total. The van der Waals surface area contributed by atoms with Gasteiger partial charge in [0.15, 0.2) is 16.7 Å². The largest absolute Gasteiger partial charge is 0.482 e. The van der Waals surface area contributed by atoms with Crippen LogP contribution < -0.4 is 25.6 Å². The van der Waals surface area contributed by atoms with E-state index in [9.17, 15) is 23.6 Å². The number of amides is 4. The number of benzene rings is 2. The first kappa shape index (κ1) is 38.3. The van der Waals surface area contributed by atoms with E-state index < -0.39 is 41.6 Å². The number of nitrogens with zero attached hydrogens (tertiary/aromatic N) is 9. The topological polar surface area (TPSA) is 185 Å². The highest BCUT2D eigenvalue weighted by Crippen LogP contribution is 2.39. The third kappa shape index (κ3) is 7.26. The molecule has 16 nitrogen and oxygen atoms in total. The third-order valence-corrected chi connectivity index (χ3v) is 12.9. The molecule has 5 aromatic rings. The molecule has 304 valence electrons. The van der Waals surface area contributed by atoms with Crippen molar-refractivity contribution in [3.05, 3.63) is 89.3 Å². The molecule has 3 aromatic heterocycles. The van der Waals surface area contributed by atoms with Crippen molar-refractivity contribution in [1.82, 2.24) is 40.1 Å². The molecule has 59 heavy (non-hydrogen) atoms. The summed E-state index contributed by atoms with van der Waals surface area (Å²) in [5.74, 6) is -1.81. The molecule has 3 fully saturated rings. The molecule has 2 aromatic carbocycles. The lowest BCUT2D eigenvalue weighted by molar-refractivity contribution is -0.136. The molecule has 2 atom stereocenters. The summed E-state index contributed by atoms with van der Waals surface area (Å²) in [6.07, 6.45) is 6.37. The van der Waals surface area contributed by atoms with Gasteiger partial charge >= 0.3 is 0 Å². The quantitative estimate of drug-likeness (QED) is 0.203. The number of pyridine rings is 1. The van der Waals surface area contributed by atoms with Gasteiger partial charge in [-0.3, -0.25) is 34.3 Å². The fourth-order valence-corrected chi connectivity index (χ4v) is 9.61. The molecule has 0 spiro atoms. The van der Waals surface area contributed by atoms with E-state index in [1.165, 1.54) is 16.9 Å². The molecule has 18 heteroatoms. The normalized spacial score (nSPS) is 19.6. The van der Waals surface area contributed by atoms with Crippen LogP contribution in [0.25, 0.3) is 16.1 Å². The smallest absolute Gasteiger partial charge is 0.262 e. The summed E-state index contributed by atoms with van der Waals surface area (Å²) in [5, 5.41) is 11.6. The van der Waals surface area contributed by atoms with Gasteiger partial charge in [0.2, 0.25) is 11.8 Å². The second-order valence-corrected chi connectivity index (χ2v) is 16.2. The fraction of sp³-hybridized carbons (Fsp3) is 0.366. The summed E-state index contributed by atoms with van der Waals surface area (Å²) in [4.78, 5) is 70.6. The van der Waals surface area contributed by atoms with Gasteiger partial charge in [-0.2, -0.15) is 15.0 Å².